The van der Waals surface area contributed by atoms with Gasteiger partial charge in [-0.25, -0.2) is 0 Å². The van der Waals surface area contributed by atoms with Gasteiger partial charge in [-0.15, -0.1) is 0 Å². The summed E-state index contributed by atoms with van der Waals surface area (Å²) in [5.74, 6) is -0.0520. The third kappa shape index (κ3) is 42.5. The third-order valence-electron chi connectivity index (χ3n) is 14.2. The van der Waals surface area contributed by atoms with Crippen LogP contribution in [0.25, 0.3) is 0 Å². The Kier molecular flexibility index (Phi) is 48.6. The Balaban J connectivity index is 5.24. The van der Waals surface area contributed by atoms with Crippen LogP contribution in [0.2, 0.25) is 0 Å². The summed E-state index contributed by atoms with van der Waals surface area (Å²) in [5, 5.41) is 11.9. The maximum absolute atomic E-state index is 12.6. The van der Waals surface area contributed by atoms with Crippen LogP contribution in [-0.4, -0.2) is 90.6 Å². The molecule has 0 aromatic rings. The van der Waals surface area contributed by atoms with E-state index in [0.29, 0.717) is 25.3 Å². The van der Waals surface area contributed by atoms with Crippen molar-refractivity contribution >= 4 is 17.9 Å². The molecule has 0 heterocycles. The summed E-state index contributed by atoms with van der Waals surface area (Å²) in [6.07, 6.45) is 43.3. The monoisotopic (exact) mass is 979 g/mol. The van der Waals surface area contributed by atoms with Gasteiger partial charge in [-0.2, -0.15) is 0 Å². The Labute approximate surface area is 428 Å². The maximum atomic E-state index is 12.6. The number of carbonyl (C=O) groups excluding carboxylic acids is 3. The molecule has 0 aromatic heterocycles. The van der Waals surface area contributed by atoms with Crippen LogP contribution in [0.3, 0.4) is 0 Å². The van der Waals surface area contributed by atoms with Crippen LogP contribution in [0.15, 0.2) is 0 Å². The topological polar surface area (TPSA) is 106 Å². The van der Waals surface area contributed by atoms with Crippen LogP contribution in [0.4, 0.5) is 0 Å². The first-order chi connectivity index (χ1) is 33.5. The van der Waals surface area contributed by atoms with Gasteiger partial charge in [0.2, 0.25) is 0 Å². The molecule has 0 saturated heterocycles. The second-order valence-corrected chi connectivity index (χ2v) is 21.3. The summed E-state index contributed by atoms with van der Waals surface area (Å²) in [6, 6.07) is 0.359. The molecule has 0 aromatic carbocycles. The fourth-order valence-corrected chi connectivity index (χ4v) is 9.74. The molecular formula is C60H118N2O7. The van der Waals surface area contributed by atoms with E-state index in [-0.39, 0.29) is 36.2 Å². The number of ether oxygens (including phenoxy) is 3. The van der Waals surface area contributed by atoms with Gasteiger partial charge in [0, 0.05) is 31.8 Å². The van der Waals surface area contributed by atoms with Gasteiger partial charge in [0.15, 0.2) is 0 Å². The van der Waals surface area contributed by atoms with Crippen LogP contribution in [0.1, 0.15) is 311 Å². The number of aliphatic hydroxyl groups excluding tert-OH is 1. The van der Waals surface area contributed by atoms with E-state index in [1.807, 2.05) is 0 Å². The first kappa shape index (κ1) is 67.3. The predicted octanol–water partition coefficient (Wildman–Crippen LogP) is 16.8. The fraction of sp³-hybridized carbons (Fsp3) is 0.950. The number of aliphatic hydroxyl groups is 1. The second kappa shape index (κ2) is 49.9. The van der Waals surface area contributed by atoms with E-state index in [0.717, 1.165) is 238 Å². The van der Waals surface area contributed by atoms with Crippen molar-refractivity contribution in [3.63, 3.8) is 0 Å². The highest BCUT2D eigenvalue weighted by Gasteiger charge is 2.24. The highest BCUT2D eigenvalue weighted by atomic mass is 16.6. The first-order valence-electron chi connectivity index (χ1n) is 30.2. The van der Waals surface area contributed by atoms with Gasteiger partial charge < -0.3 is 24.2 Å². The third-order valence-corrected chi connectivity index (χ3v) is 14.2. The molecule has 0 radical (unpaired) electrons. The molecule has 0 saturated carbocycles. The van der Waals surface area contributed by atoms with Gasteiger partial charge in [-0.1, -0.05) is 202 Å². The van der Waals surface area contributed by atoms with Crippen LogP contribution in [0, 0.1) is 0 Å². The van der Waals surface area contributed by atoms with Gasteiger partial charge >= 0.3 is 17.9 Å². The minimum Gasteiger partial charge on any atom is -0.462 e. The van der Waals surface area contributed by atoms with Crippen molar-refractivity contribution in [1.82, 2.24) is 9.80 Å². The van der Waals surface area contributed by atoms with Gasteiger partial charge in [0.05, 0.1) is 0 Å². The van der Waals surface area contributed by atoms with Crippen molar-refractivity contribution in [2.75, 3.05) is 27.2 Å². The number of rotatable bonds is 53. The molecule has 1 atom stereocenters. The molecule has 0 aliphatic heterocycles. The summed E-state index contributed by atoms with van der Waals surface area (Å²) in [6.45, 7) is 15.1. The lowest BCUT2D eigenvalue weighted by Crippen LogP contribution is -2.44. The zero-order valence-corrected chi connectivity index (χ0v) is 47.3. The number of hydrogen-bond acceptors (Lipinski definition) is 9. The quantitative estimate of drug-likeness (QED) is 0.0276. The molecule has 9 nitrogen and oxygen atoms in total. The van der Waals surface area contributed by atoms with Crippen LogP contribution >= 0.6 is 0 Å². The molecule has 0 spiro atoms. The lowest BCUT2D eigenvalue weighted by molar-refractivity contribution is -0.151. The van der Waals surface area contributed by atoms with E-state index in [4.69, 9.17) is 14.2 Å². The smallest absolute Gasteiger partial charge is 0.306 e. The normalized spacial score (nSPS) is 12.4. The molecule has 1 unspecified atom stereocenters. The average Bonchev–Trinajstić information content (AvgIpc) is 3.33. The zero-order chi connectivity index (χ0) is 51.0. The Morgan fingerprint density at radius 2 is 0.623 bits per heavy atom. The van der Waals surface area contributed by atoms with Crippen molar-refractivity contribution in [2.45, 2.75) is 342 Å². The van der Waals surface area contributed by atoms with E-state index in [1.165, 1.54) is 25.7 Å². The summed E-state index contributed by atoms with van der Waals surface area (Å²) in [5.41, 5.74) is 0. The molecule has 69 heavy (non-hydrogen) atoms. The number of hydrogen-bond donors (Lipinski definition) is 1. The van der Waals surface area contributed by atoms with Crippen molar-refractivity contribution in [1.29, 1.82) is 0 Å². The maximum Gasteiger partial charge on any atom is 0.306 e. The molecule has 410 valence electrons. The molecule has 0 fully saturated rings. The fourth-order valence-electron chi connectivity index (χ4n) is 9.74. The average molecular weight is 980 g/mol. The number of esters is 3. The van der Waals surface area contributed by atoms with E-state index in [2.05, 4.69) is 65.4 Å². The Morgan fingerprint density at radius 1 is 0.348 bits per heavy atom. The molecule has 9 heteroatoms. The van der Waals surface area contributed by atoms with E-state index >= 15 is 0 Å². The number of nitrogens with zero attached hydrogens (tertiary/aromatic N) is 2. The van der Waals surface area contributed by atoms with Crippen LogP contribution in [-0.2, 0) is 28.6 Å². The van der Waals surface area contributed by atoms with Gasteiger partial charge in [-0.05, 0) is 111 Å². The van der Waals surface area contributed by atoms with Crippen LogP contribution < -0.4 is 0 Å². The molecule has 1 N–H and O–H groups in total. The summed E-state index contributed by atoms with van der Waals surface area (Å²) >= 11 is 0. The molecule has 0 rings (SSSR count). The minimum absolute atomic E-state index is 0.0115. The van der Waals surface area contributed by atoms with Gasteiger partial charge in [0.25, 0.3) is 0 Å². The largest absolute Gasteiger partial charge is 0.462 e. The van der Waals surface area contributed by atoms with E-state index in [1.54, 1.807) is 0 Å². The highest BCUT2D eigenvalue weighted by Crippen LogP contribution is 2.24. The zero-order valence-electron chi connectivity index (χ0n) is 47.3. The molecule has 0 bridgehead atoms. The van der Waals surface area contributed by atoms with Gasteiger partial charge in [0.1, 0.15) is 24.5 Å². The van der Waals surface area contributed by atoms with Crippen molar-refractivity contribution in [3.8, 4) is 0 Å². The number of carbonyl (C=O) groups is 3. The SMILES string of the molecule is CCCCC(CCCC)OC(=O)CCCCCCCCC(CCCCCCCCC(=O)OC(CCCC)CCCC)N(CCCN(C)C)C(O)CCCCCCCC(=O)OC(CCCC)CCCC. The first-order valence-corrected chi connectivity index (χ1v) is 30.2. The summed E-state index contributed by atoms with van der Waals surface area (Å²) < 4.78 is 17.7. The Bertz CT molecular complexity index is 1060. The molecule has 0 aliphatic rings. The number of unbranched alkanes of at least 4 members (excludes halogenated alkanes) is 20. The van der Waals surface area contributed by atoms with E-state index in [9.17, 15) is 19.5 Å². The summed E-state index contributed by atoms with van der Waals surface area (Å²) in [4.78, 5) is 42.6. The molecule has 0 amide bonds. The van der Waals surface area contributed by atoms with E-state index < -0.39 is 6.23 Å². The predicted molar refractivity (Wildman–Crippen MR) is 293 cm³/mol. The highest BCUT2D eigenvalue weighted by molar-refractivity contribution is 5.70. The Morgan fingerprint density at radius 3 is 0.913 bits per heavy atom. The second-order valence-electron chi connectivity index (χ2n) is 21.3. The molecular weight excluding hydrogens is 861 g/mol. The standard InChI is InChI=1S/C60H118N2O7/c1-9-15-41-54(42-16-10-2)67-58(64)48-35-29-23-21-26-32-39-53(40-33-27-22-24-30-36-49-59(65)68-55(43-17-11-3)44-18-12-4)62(52-38-51-61(7)8)57(63)47-34-28-25-31-37-50-60(66)69-56(45-19-13-5)46-20-14-6/h53-57,63H,9-52H2,1-8H3. The van der Waals surface area contributed by atoms with Crippen LogP contribution in [0.5, 0.6) is 0 Å². The van der Waals surface area contributed by atoms with Crippen molar-refractivity contribution < 1.29 is 33.7 Å². The lowest BCUT2D eigenvalue weighted by atomic mass is 9.97. The van der Waals surface area contributed by atoms with Crippen molar-refractivity contribution in [3.05, 3.63) is 0 Å². The minimum atomic E-state index is -0.443. The summed E-state index contributed by atoms with van der Waals surface area (Å²) in [7, 11) is 4.27. The Hall–Kier alpha value is -1.71. The van der Waals surface area contributed by atoms with Gasteiger partial charge in [-0.3, -0.25) is 19.3 Å². The lowest BCUT2D eigenvalue weighted by Gasteiger charge is -2.36. The molecule has 0 aliphatic carbocycles. The van der Waals surface area contributed by atoms with Crippen molar-refractivity contribution in [2.24, 2.45) is 0 Å².